The molecular formula is C31H65NO2SSi. The summed E-state index contributed by atoms with van der Waals surface area (Å²) in [6.45, 7) is 10.0. The van der Waals surface area contributed by atoms with Gasteiger partial charge in [-0.05, 0) is 45.4 Å². The first-order valence-electron chi connectivity index (χ1n) is 15.9. The second kappa shape index (κ2) is 26.8. The minimum Gasteiger partial charge on any atom is -0.416 e. The molecule has 0 fully saturated rings. The van der Waals surface area contributed by atoms with E-state index in [1.807, 2.05) is 0 Å². The van der Waals surface area contributed by atoms with Gasteiger partial charge in [-0.1, -0.05) is 135 Å². The van der Waals surface area contributed by atoms with Crippen molar-refractivity contribution in [2.45, 2.75) is 174 Å². The second-order valence-corrected chi connectivity index (χ2v) is 17.0. The molecule has 216 valence electrons. The van der Waals surface area contributed by atoms with Crippen LogP contribution in [0.3, 0.4) is 0 Å². The minimum atomic E-state index is -1.65. The van der Waals surface area contributed by atoms with E-state index in [0.29, 0.717) is 11.2 Å². The van der Waals surface area contributed by atoms with Crippen molar-refractivity contribution >= 4 is 25.2 Å². The summed E-state index contributed by atoms with van der Waals surface area (Å²) >= 11 is 1.55. The van der Waals surface area contributed by atoms with Gasteiger partial charge in [-0.15, -0.1) is 0 Å². The van der Waals surface area contributed by atoms with Crippen LogP contribution in [-0.2, 0) is 9.22 Å². The van der Waals surface area contributed by atoms with Crippen LogP contribution in [0.4, 0.5) is 0 Å². The highest BCUT2D eigenvalue weighted by Crippen LogP contribution is 2.20. The molecule has 0 heterocycles. The highest BCUT2D eigenvalue weighted by Gasteiger charge is 2.23. The van der Waals surface area contributed by atoms with Gasteiger partial charge in [0, 0.05) is 24.8 Å². The van der Waals surface area contributed by atoms with Crippen LogP contribution in [0.1, 0.15) is 149 Å². The molecule has 0 bridgehead atoms. The van der Waals surface area contributed by atoms with Crippen LogP contribution in [0, 0.1) is 0 Å². The third-order valence-electron chi connectivity index (χ3n) is 7.41. The first kappa shape index (κ1) is 36.2. The summed E-state index contributed by atoms with van der Waals surface area (Å²) < 4.78 is 6.44. The predicted octanol–water partition coefficient (Wildman–Crippen LogP) is 10.3. The van der Waals surface area contributed by atoms with Crippen LogP contribution in [-0.4, -0.2) is 38.9 Å². The van der Waals surface area contributed by atoms with Crippen molar-refractivity contribution in [2.24, 2.45) is 0 Å². The summed E-state index contributed by atoms with van der Waals surface area (Å²) in [6, 6.07) is 1.63. The summed E-state index contributed by atoms with van der Waals surface area (Å²) in [5.74, 6) is 0.960. The third kappa shape index (κ3) is 25.8. The maximum Gasteiger partial charge on any atom is 0.188 e. The van der Waals surface area contributed by atoms with Crippen LogP contribution in [0.25, 0.3) is 0 Å². The van der Waals surface area contributed by atoms with Crippen molar-refractivity contribution in [3.63, 3.8) is 0 Å². The molecule has 0 radical (unpaired) electrons. The number of carbonyl (C=O) groups excluding carboxylic acids is 1. The minimum absolute atomic E-state index is 0.389. The molecule has 0 amide bonds. The molecule has 1 atom stereocenters. The fourth-order valence-electron chi connectivity index (χ4n) is 4.75. The number of rotatable bonds is 28. The maximum atomic E-state index is 12.1. The Hall–Kier alpha value is 0.157. The van der Waals surface area contributed by atoms with E-state index in [1.165, 1.54) is 116 Å². The first-order chi connectivity index (χ1) is 17.4. The average Bonchev–Trinajstić information content (AvgIpc) is 2.86. The Morgan fingerprint density at radius 1 is 0.722 bits per heavy atom. The average molecular weight is 544 g/mol. The van der Waals surface area contributed by atoms with Gasteiger partial charge in [0.15, 0.2) is 13.4 Å². The van der Waals surface area contributed by atoms with Crippen LogP contribution >= 0.6 is 11.8 Å². The number of thioether (sulfide) groups is 1. The van der Waals surface area contributed by atoms with Gasteiger partial charge in [0.05, 0.1) is 0 Å². The van der Waals surface area contributed by atoms with E-state index in [1.54, 1.807) is 11.8 Å². The molecule has 36 heavy (non-hydrogen) atoms. The monoisotopic (exact) mass is 543 g/mol. The molecular weight excluding hydrogens is 478 g/mol. The van der Waals surface area contributed by atoms with Gasteiger partial charge >= 0.3 is 0 Å². The van der Waals surface area contributed by atoms with Crippen LogP contribution in [0.2, 0.25) is 19.1 Å². The van der Waals surface area contributed by atoms with Gasteiger partial charge < -0.3 is 9.74 Å². The molecule has 0 aliphatic rings. The van der Waals surface area contributed by atoms with Gasteiger partial charge in [-0.25, -0.2) is 0 Å². The Morgan fingerprint density at radius 2 is 1.19 bits per heavy atom. The lowest BCUT2D eigenvalue weighted by Crippen LogP contribution is -2.38. The fourth-order valence-corrected chi connectivity index (χ4v) is 7.63. The fraction of sp³-hybridized carbons (Fsp3) is 0.968. The molecule has 0 saturated heterocycles. The third-order valence-corrected chi connectivity index (χ3v) is 10.9. The predicted molar refractivity (Wildman–Crippen MR) is 167 cm³/mol. The van der Waals surface area contributed by atoms with E-state index in [9.17, 15) is 4.79 Å². The zero-order valence-corrected chi connectivity index (χ0v) is 27.1. The van der Waals surface area contributed by atoms with E-state index in [-0.39, 0.29) is 0 Å². The number of unbranched alkanes of at least 4 members (excludes halogenated alkanes) is 16. The summed E-state index contributed by atoms with van der Waals surface area (Å²) in [7, 11) is 0.433. The number of carbonyl (C=O) groups is 1. The van der Waals surface area contributed by atoms with Crippen molar-refractivity contribution in [3.8, 4) is 0 Å². The summed E-state index contributed by atoms with van der Waals surface area (Å²) in [4.78, 5) is 12.1. The van der Waals surface area contributed by atoms with Crippen molar-refractivity contribution in [3.05, 3.63) is 0 Å². The Kier molecular flexibility index (Phi) is 26.9. The van der Waals surface area contributed by atoms with E-state index >= 15 is 0 Å². The lowest BCUT2D eigenvalue weighted by molar-refractivity contribution is -0.111. The van der Waals surface area contributed by atoms with E-state index in [0.717, 1.165) is 37.7 Å². The highest BCUT2D eigenvalue weighted by atomic mass is 32.2. The highest BCUT2D eigenvalue weighted by molar-refractivity contribution is 8.13. The lowest BCUT2D eigenvalue weighted by atomic mass is 10.0. The van der Waals surface area contributed by atoms with Gasteiger partial charge in [0.25, 0.3) is 0 Å². The van der Waals surface area contributed by atoms with Crippen LogP contribution in [0.15, 0.2) is 0 Å². The molecule has 0 saturated carbocycles. The van der Waals surface area contributed by atoms with Gasteiger partial charge in [-0.2, -0.15) is 0 Å². The molecule has 5 heteroatoms. The van der Waals surface area contributed by atoms with Crippen molar-refractivity contribution in [2.75, 3.05) is 19.4 Å². The zero-order valence-electron chi connectivity index (χ0n) is 25.3. The van der Waals surface area contributed by atoms with E-state index in [4.69, 9.17) is 4.43 Å². The second-order valence-electron chi connectivity index (χ2n) is 11.6. The Labute approximate surface area is 232 Å². The van der Waals surface area contributed by atoms with Crippen LogP contribution < -0.4 is 5.32 Å². The Morgan fingerprint density at radius 3 is 1.69 bits per heavy atom. The van der Waals surface area contributed by atoms with Gasteiger partial charge in [-0.3, -0.25) is 4.79 Å². The number of hydrogen-bond acceptors (Lipinski definition) is 4. The quantitative estimate of drug-likeness (QED) is 0.0786. The number of likely N-dealkylation sites (N-methyl/N-ethyl adjacent to an activating group) is 1. The molecule has 0 spiro atoms. The summed E-state index contributed by atoms with van der Waals surface area (Å²) in [5.41, 5.74) is 0. The molecule has 0 aromatic rings. The number of nitrogens with one attached hydrogen (secondary N) is 1. The smallest absolute Gasteiger partial charge is 0.188 e. The largest absolute Gasteiger partial charge is 0.416 e. The zero-order chi connectivity index (χ0) is 26.7. The molecule has 0 rings (SSSR count). The SMILES string of the molecule is CCCCCCCCCCCCCCCC(CO[Si](C)(C)CCCSC(=O)CCCCCCC)NC. The van der Waals surface area contributed by atoms with E-state index in [2.05, 4.69) is 39.3 Å². The van der Waals surface area contributed by atoms with Crippen molar-refractivity contribution < 1.29 is 9.22 Å². The lowest BCUT2D eigenvalue weighted by Gasteiger charge is -2.26. The van der Waals surface area contributed by atoms with Gasteiger partial charge in [0.1, 0.15) is 0 Å². The molecule has 3 nitrogen and oxygen atoms in total. The summed E-state index contributed by atoms with van der Waals surface area (Å²) in [5, 5.41) is 3.87. The standard InChI is InChI=1S/C31H65NO2SSi/c1-6-8-10-12-13-14-15-16-17-18-19-21-22-25-30(32-3)29-34-36(4,5)28-24-27-35-31(33)26-23-20-11-9-7-2/h30,32H,6-29H2,1-5H3. The van der Waals surface area contributed by atoms with Crippen LogP contribution in [0.5, 0.6) is 0 Å². The summed E-state index contributed by atoms with van der Waals surface area (Å²) in [6.07, 6.45) is 27.5. The van der Waals surface area contributed by atoms with Crippen molar-refractivity contribution in [1.29, 1.82) is 0 Å². The first-order valence-corrected chi connectivity index (χ1v) is 20.0. The van der Waals surface area contributed by atoms with Gasteiger partial charge in [0.2, 0.25) is 0 Å². The Balaban J connectivity index is 3.66. The molecule has 0 aliphatic heterocycles. The molecule has 0 aromatic heterocycles. The van der Waals surface area contributed by atoms with E-state index < -0.39 is 8.32 Å². The molecule has 1 unspecified atom stereocenters. The normalized spacial score (nSPS) is 12.8. The Bertz CT molecular complexity index is 475. The topological polar surface area (TPSA) is 38.3 Å². The molecule has 0 aromatic carbocycles. The molecule has 0 aliphatic carbocycles. The number of hydrogen-bond donors (Lipinski definition) is 1. The maximum absolute atomic E-state index is 12.1. The molecule has 1 N–H and O–H groups in total. The van der Waals surface area contributed by atoms with Crippen molar-refractivity contribution in [1.82, 2.24) is 5.32 Å².